The van der Waals surface area contributed by atoms with Crippen LogP contribution in [0.2, 0.25) is 0 Å². The van der Waals surface area contributed by atoms with Gasteiger partial charge in [0.1, 0.15) is 10.1 Å². The molecule has 0 spiro atoms. The van der Waals surface area contributed by atoms with Crippen LogP contribution in [-0.2, 0) is 17.7 Å². The molecule has 0 aliphatic carbocycles. The van der Waals surface area contributed by atoms with E-state index in [1.54, 1.807) is 11.8 Å². The predicted octanol–water partition coefficient (Wildman–Crippen LogP) is 4.25. The number of thioether (sulfide) groups is 1. The molecule has 0 bridgehead atoms. The number of rotatable bonds is 4. The minimum Gasteiger partial charge on any atom is -0.507 e. The lowest BCUT2D eigenvalue weighted by Crippen LogP contribution is -2.17. The van der Waals surface area contributed by atoms with Gasteiger partial charge in [-0.15, -0.1) is 12.4 Å². The number of benzene rings is 1. The fraction of sp³-hybridized carbons (Fsp3) is 0.588. The molecule has 1 aromatic carbocycles. The Balaban J connectivity index is 0.00000484. The molecule has 3 nitrogen and oxygen atoms in total. The van der Waals surface area contributed by atoms with Gasteiger partial charge in [-0.25, -0.2) is 0 Å². The van der Waals surface area contributed by atoms with E-state index in [0.717, 1.165) is 27.7 Å². The van der Waals surface area contributed by atoms with Gasteiger partial charge in [0.25, 0.3) is 0 Å². The van der Waals surface area contributed by atoms with Crippen molar-refractivity contribution in [3.8, 4) is 5.75 Å². The Kier molecular flexibility index (Phi) is 8.92. The Morgan fingerprint density at radius 1 is 1.17 bits per heavy atom. The maximum absolute atomic E-state index is 10.6. The molecule has 0 fully saturated rings. The van der Waals surface area contributed by atoms with Crippen LogP contribution >= 0.6 is 36.4 Å². The molecule has 0 saturated carbocycles. The third-order valence-corrected chi connectivity index (χ3v) is 5.08. The van der Waals surface area contributed by atoms with Crippen molar-refractivity contribution < 1.29 is 5.11 Å². The van der Waals surface area contributed by atoms with Crippen LogP contribution in [0.3, 0.4) is 0 Å². The second-order valence-corrected chi connectivity index (χ2v) is 8.70. The van der Waals surface area contributed by atoms with Crippen molar-refractivity contribution in [2.45, 2.75) is 38.5 Å². The maximum Gasteiger partial charge on any atom is 0.136 e. The molecule has 1 N–H and O–H groups in total. The molecule has 0 radical (unpaired) electrons. The summed E-state index contributed by atoms with van der Waals surface area (Å²) in [5, 5.41) is 10.6. The number of thiocarbonyl (C=S) groups is 1. The number of hydrogen-bond acceptors (Lipinski definition) is 4. The first kappa shape index (κ1) is 22.5. The molecule has 0 aliphatic heterocycles. The van der Waals surface area contributed by atoms with Crippen molar-refractivity contribution in [2.24, 2.45) is 0 Å². The van der Waals surface area contributed by atoms with E-state index in [9.17, 15) is 5.11 Å². The van der Waals surface area contributed by atoms with Crippen molar-refractivity contribution in [3.05, 3.63) is 28.8 Å². The Morgan fingerprint density at radius 3 is 2.17 bits per heavy atom. The van der Waals surface area contributed by atoms with Crippen LogP contribution in [0.25, 0.3) is 0 Å². The predicted molar refractivity (Wildman–Crippen MR) is 109 cm³/mol. The van der Waals surface area contributed by atoms with Crippen LogP contribution in [0.4, 0.5) is 0 Å². The van der Waals surface area contributed by atoms with Crippen LogP contribution in [0, 0.1) is 0 Å². The molecule has 1 aromatic rings. The van der Waals surface area contributed by atoms with E-state index in [-0.39, 0.29) is 17.8 Å². The molecular weight excluding hydrogens is 348 g/mol. The maximum atomic E-state index is 10.6. The molecule has 1 rings (SSSR count). The number of phenolic OH excluding ortho intramolecular Hbond substituents is 1. The van der Waals surface area contributed by atoms with E-state index < -0.39 is 0 Å². The Hall–Kier alpha value is -0.490. The van der Waals surface area contributed by atoms with E-state index in [0.29, 0.717) is 5.75 Å². The van der Waals surface area contributed by atoms with Crippen molar-refractivity contribution in [3.63, 3.8) is 0 Å². The highest BCUT2D eigenvalue weighted by Gasteiger charge is 2.21. The quantitative estimate of drug-likeness (QED) is 0.792. The third-order valence-electron chi connectivity index (χ3n) is 3.27. The van der Waals surface area contributed by atoms with Crippen LogP contribution in [0.15, 0.2) is 12.1 Å². The van der Waals surface area contributed by atoms with Gasteiger partial charge in [0.05, 0.1) is 0 Å². The number of nitrogens with zero attached hydrogens (tertiary/aromatic N) is 2. The van der Waals surface area contributed by atoms with E-state index >= 15 is 0 Å². The van der Waals surface area contributed by atoms with E-state index in [1.165, 1.54) is 5.56 Å². The normalized spacial score (nSPS) is 11.3. The number of hydrogen-bond donors (Lipinski definition) is 1. The first-order chi connectivity index (χ1) is 10.0. The minimum absolute atomic E-state index is 0. The summed E-state index contributed by atoms with van der Waals surface area (Å²) < 4.78 is 0.875. The first-order valence-corrected chi connectivity index (χ1v) is 8.75. The lowest BCUT2D eigenvalue weighted by molar-refractivity contribution is 0.380. The standard InChI is InChI=1S/C17H28N2OS2.ClH/c1-17(2,3)14-9-12(11-22-16(21)19(6)7)8-13(15(14)20)10-18(4)5;/h8-9,20H,10-11H2,1-7H3;1H. The highest BCUT2D eigenvalue weighted by atomic mass is 35.5. The lowest BCUT2D eigenvalue weighted by atomic mass is 9.84. The summed E-state index contributed by atoms with van der Waals surface area (Å²) in [6.07, 6.45) is 0. The highest BCUT2D eigenvalue weighted by Crippen LogP contribution is 2.35. The lowest BCUT2D eigenvalue weighted by Gasteiger charge is -2.24. The zero-order valence-corrected chi connectivity index (χ0v) is 17.6. The van der Waals surface area contributed by atoms with Gasteiger partial charge in [-0.3, -0.25) is 0 Å². The highest BCUT2D eigenvalue weighted by molar-refractivity contribution is 8.22. The Morgan fingerprint density at radius 2 is 1.74 bits per heavy atom. The summed E-state index contributed by atoms with van der Waals surface area (Å²) >= 11 is 7.00. The molecule has 0 atom stereocenters. The van der Waals surface area contributed by atoms with Gasteiger partial charge < -0.3 is 14.9 Å². The van der Waals surface area contributed by atoms with E-state index in [2.05, 4.69) is 37.8 Å². The van der Waals surface area contributed by atoms with E-state index in [1.807, 2.05) is 33.1 Å². The number of halogens is 1. The second-order valence-electron chi connectivity index (χ2n) is 7.09. The first-order valence-electron chi connectivity index (χ1n) is 7.36. The molecule has 0 saturated heterocycles. The third kappa shape index (κ3) is 6.87. The molecule has 132 valence electrons. The fourth-order valence-corrected chi connectivity index (χ4v) is 3.04. The molecule has 0 aliphatic rings. The summed E-state index contributed by atoms with van der Waals surface area (Å²) in [5.74, 6) is 1.24. The summed E-state index contributed by atoms with van der Waals surface area (Å²) in [4.78, 5) is 4.02. The van der Waals surface area contributed by atoms with E-state index in [4.69, 9.17) is 12.2 Å². The molecule has 0 unspecified atom stereocenters. The number of aromatic hydroxyl groups is 1. The van der Waals surface area contributed by atoms with Gasteiger partial charge in [0.2, 0.25) is 0 Å². The van der Waals surface area contributed by atoms with Crippen molar-refractivity contribution in [1.82, 2.24) is 9.80 Å². The largest absolute Gasteiger partial charge is 0.507 e. The smallest absolute Gasteiger partial charge is 0.136 e. The topological polar surface area (TPSA) is 26.7 Å². The van der Waals surface area contributed by atoms with Gasteiger partial charge in [-0.2, -0.15) is 0 Å². The monoisotopic (exact) mass is 376 g/mol. The van der Waals surface area contributed by atoms with Crippen LogP contribution in [-0.4, -0.2) is 47.4 Å². The zero-order valence-electron chi connectivity index (χ0n) is 15.1. The Labute approximate surface area is 156 Å². The number of phenols is 1. The SMILES string of the molecule is CN(C)Cc1cc(CSC(=S)N(C)C)cc(C(C)(C)C)c1O.Cl. The average molecular weight is 377 g/mol. The van der Waals surface area contributed by atoms with Gasteiger partial charge in [-0.1, -0.05) is 50.8 Å². The summed E-state index contributed by atoms with van der Waals surface area (Å²) in [6.45, 7) is 7.11. The average Bonchev–Trinajstić information content (AvgIpc) is 2.36. The van der Waals surface area contributed by atoms with Gasteiger partial charge in [-0.05, 0) is 36.7 Å². The summed E-state index contributed by atoms with van der Waals surface area (Å²) in [7, 11) is 7.95. The molecular formula is C17H29ClN2OS2. The molecule has 23 heavy (non-hydrogen) atoms. The van der Waals surface area contributed by atoms with Crippen LogP contribution in [0.5, 0.6) is 5.75 Å². The zero-order chi connectivity index (χ0) is 17.1. The van der Waals surface area contributed by atoms with Gasteiger partial charge >= 0.3 is 0 Å². The van der Waals surface area contributed by atoms with Gasteiger partial charge in [0, 0.05) is 32.0 Å². The fourth-order valence-electron chi connectivity index (χ4n) is 2.15. The second kappa shape index (κ2) is 9.11. The Bertz CT molecular complexity index is 540. The molecule has 0 amide bonds. The molecule has 6 heteroatoms. The summed E-state index contributed by atoms with van der Waals surface area (Å²) in [6, 6.07) is 4.20. The minimum atomic E-state index is -0.0894. The van der Waals surface area contributed by atoms with Gasteiger partial charge in [0.15, 0.2) is 0 Å². The summed E-state index contributed by atoms with van der Waals surface area (Å²) in [5.41, 5.74) is 3.09. The molecule has 0 aromatic heterocycles. The van der Waals surface area contributed by atoms with Crippen LogP contribution < -0.4 is 0 Å². The molecule has 0 heterocycles. The van der Waals surface area contributed by atoms with Crippen molar-refractivity contribution in [1.29, 1.82) is 0 Å². The van der Waals surface area contributed by atoms with Crippen LogP contribution in [0.1, 0.15) is 37.5 Å². The van der Waals surface area contributed by atoms with Crippen molar-refractivity contribution in [2.75, 3.05) is 28.2 Å². The van der Waals surface area contributed by atoms with Crippen molar-refractivity contribution >= 4 is 40.7 Å².